The molecule has 0 heterocycles. The molecule has 0 saturated heterocycles. The average molecular weight is 240 g/mol. The summed E-state index contributed by atoms with van der Waals surface area (Å²) in [6.07, 6.45) is 5.68. The number of benzene rings is 1. The van der Waals surface area contributed by atoms with Crippen LogP contribution in [-0.4, -0.2) is 21.9 Å². The molecule has 17 heavy (non-hydrogen) atoms. The monoisotopic (exact) mass is 240 g/mol. The van der Waals surface area contributed by atoms with E-state index in [0.29, 0.717) is 0 Å². The summed E-state index contributed by atoms with van der Waals surface area (Å²) in [5.74, 6) is 0.335. The molecule has 0 aliphatic rings. The van der Waals surface area contributed by atoms with E-state index in [4.69, 9.17) is 10.2 Å². The van der Waals surface area contributed by atoms with Crippen LogP contribution in [0, 0.1) is 0 Å². The highest BCUT2D eigenvalue weighted by molar-refractivity contribution is 5.38. The van der Waals surface area contributed by atoms with Crippen molar-refractivity contribution in [3.8, 4) is 11.5 Å². The first-order valence-electron chi connectivity index (χ1n) is 6.27. The number of unbranched alkanes of at least 4 members (excludes halogenated alkanes) is 3. The molecule has 0 fully saturated rings. The van der Waals surface area contributed by atoms with Gasteiger partial charge < -0.3 is 15.3 Å². The van der Waals surface area contributed by atoms with Gasteiger partial charge in [0.05, 0.1) is 0 Å². The number of aryl methyl sites for hydroxylation is 1. The smallest absolute Gasteiger partial charge is 0.122 e. The summed E-state index contributed by atoms with van der Waals surface area (Å²) in [4.78, 5) is 0. The fourth-order valence-corrected chi connectivity index (χ4v) is 1.51. The Morgan fingerprint density at radius 1 is 1.00 bits per heavy atom. The van der Waals surface area contributed by atoms with E-state index in [1.165, 1.54) is 25.3 Å². The van der Waals surface area contributed by atoms with Gasteiger partial charge in [-0.25, -0.2) is 0 Å². The number of aromatic hydroxyl groups is 2. The predicted octanol–water partition coefficient (Wildman–Crippen LogP) is 3.22. The fourth-order valence-electron chi connectivity index (χ4n) is 1.51. The van der Waals surface area contributed by atoms with E-state index < -0.39 is 0 Å². The van der Waals surface area contributed by atoms with Crippen molar-refractivity contribution in [3.05, 3.63) is 23.8 Å². The molecule has 1 aromatic carbocycles. The van der Waals surface area contributed by atoms with Crippen molar-refractivity contribution in [3.63, 3.8) is 0 Å². The second-order valence-electron chi connectivity index (χ2n) is 3.94. The minimum atomic E-state index is 0.125. The van der Waals surface area contributed by atoms with E-state index in [2.05, 4.69) is 6.92 Å². The van der Waals surface area contributed by atoms with Gasteiger partial charge in [0.2, 0.25) is 0 Å². The van der Waals surface area contributed by atoms with Crippen LogP contribution in [-0.2, 0) is 6.42 Å². The average Bonchev–Trinajstić information content (AvgIpc) is 2.28. The van der Waals surface area contributed by atoms with Gasteiger partial charge in [0, 0.05) is 12.7 Å². The summed E-state index contributed by atoms with van der Waals surface area (Å²) in [6, 6.07) is 4.81. The van der Waals surface area contributed by atoms with Gasteiger partial charge in [-0.2, -0.15) is 0 Å². The van der Waals surface area contributed by atoms with Crippen LogP contribution in [0.5, 0.6) is 11.5 Å². The first kappa shape index (κ1) is 15.8. The van der Waals surface area contributed by atoms with Gasteiger partial charge in [-0.1, -0.05) is 32.3 Å². The normalized spacial score (nSPS) is 9.59. The molecule has 0 spiro atoms. The molecule has 0 amide bonds. The number of hydrogen-bond acceptors (Lipinski definition) is 3. The molecular weight excluding hydrogens is 216 g/mol. The van der Waals surface area contributed by atoms with Crippen molar-refractivity contribution < 1.29 is 15.3 Å². The zero-order chi connectivity index (χ0) is 13.1. The SMILES string of the molecule is CCCCCCc1ccc(O)cc1O.CCO. The molecule has 0 aliphatic heterocycles. The van der Waals surface area contributed by atoms with Gasteiger partial charge in [0.15, 0.2) is 0 Å². The van der Waals surface area contributed by atoms with Gasteiger partial charge in [0.1, 0.15) is 11.5 Å². The Morgan fingerprint density at radius 3 is 2.18 bits per heavy atom. The Morgan fingerprint density at radius 2 is 1.65 bits per heavy atom. The summed E-state index contributed by atoms with van der Waals surface area (Å²) in [7, 11) is 0. The Balaban J connectivity index is 0.000000770. The third-order valence-corrected chi connectivity index (χ3v) is 2.37. The van der Waals surface area contributed by atoms with Gasteiger partial charge in [-0.05, 0) is 31.4 Å². The van der Waals surface area contributed by atoms with Crippen LogP contribution in [0.3, 0.4) is 0 Å². The topological polar surface area (TPSA) is 60.7 Å². The summed E-state index contributed by atoms with van der Waals surface area (Å²) >= 11 is 0. The van der Waals surface area contributed by atoms with Gasteiger partial charge >= 0.3 is 0 Å². The number of hydrogen-bond donors (Lipinski definition) is 3. The lowest BCUT2D eigenvalue weighted by Crippen LogP contribution is -1.86. The van der Waals surface area contributed by atoms with Crippen molar-refractivity contribution in [1.82, 2.24) is 0 Å². The molecule has 0 radical (unpaired) electrons. The molecule has 1 aromatic rings. The molecule has 3 N–H and O–H groups in total. The Kier molecular flexibility index (Phi) is 9.25. The first-order valence-corrected chi connectivity index (χ1v) is 6.27. The standard InChI is InChI=1S/C12H18O2.C2H6O/c1-2-3-4-5-6-10-7-8-11(13)9-12(10)14;1-2-3/h7-9,13-14H,2-6H2,1H3;3H,2H2,1H3. The Bertz CT molecular complexity index is 298. The minimum Gasteiger partial charge on any atom is -0.508 e. The third-order valence-electron chi connectivity index (χ3n) is 2.37. The molecule has 0 unspecified atom stereocenters. The first-order chi connectivity index (χ1) is 8.15. The van der Waals surface area contributed by atoms with Gasteiger partial charge in [-0.3, -0.25) is 0 Å². The maximum atomic E-state index is 9.49. The maximum absolute atomic E-state index is 9.49. The molecule has 0 bridgehead atoms. The lowest BCUT2D eigenvalue weighted by atomic mass is 10.1. The van der Waals surface area contributed by atoms with Crippen molar-refractivity contribution in [2.75, 3.05) is 6.61 Å². The van der Waals surface area contributed by atoms with E-state index in [1.54, 1.807) is 19.1 Å². The molecule has 3 nitrogen and oxygen atoms in total. The number of aliphatic hydroxyl groups is 1. The lowest BCUT2D eigenvalue weighted by molar-refractivity contribution is 0.318. The quantitative estimate of drug-likeness (QED) is 0.692. The van der Waals surface area contributed by atoms with Crippen molar-refractivity contribution >= 4 is 0 Å². The summed E-state index contributed by atoms with van der Waals surface area (Å²) in [5, 5.41) is 26.1. The summed E-state index contributed by atoms with van der Waals surface area (Å²) in [5.41, 5.74) is 0.930. The zero-order valence-corrected chi connectivity index (χ0v) is 10.8. The Hall–Kier alpha value is -1.22. The fraction of sp³-hybridized carbons (Fsp3) is 0.571. The van der Waals surface area contributed by atoms with Gasteiger partial charge in [-0.15, -0.1) is 0 Å². The number of rotatable bonds is 5. The van der Waals surface area contributed by atoms with Crippen LogP contribution in [0.1, 0.15) is 45.1 Å². The van der Waals surface area contributed by atoms with Crippen LogP contribution in [0.25, 0.3) is 0 Å². The van der Waals surface area contributed by atoms with Crippen LogP contribution in [0.15, 0.2) is 18.2 Å². The van der Waals surface area contributed by atoms with E-state index in [9.17, 15) is 5.11 Å². The van der Waals surface area contributed by atoms with Gasteiger partial charge in [0.25, 0.3) is 0 Å². The molecule has 1 rings (SSSR count). The van der Waals surface area contributed by atoms with Crippen LogP contribution in [0.2, 0.25) is 0 Å². The highest BCUT2D eigenvalue weighted by Crippen LogP contribution is 2.24. The van der Waals surface area contributed by atoms with Crippen LogP contribution >= 0.6 is 0 Å². The molecular formula is C14H24O3. The predicted molar refractivity (Wildman–Crippen MR) is 70.4 cm³/mol. The van der Waals surface area contributed by atoms with Crippen LogP contribution < -0.4 is 0 Å². The van der Waals surface area contributed by atoms with E-state index in [1.807, 2.05) is 0 Å². The number of aliphatic hydroxyl groups excluding tert-OH is 1. The van der Waals surface area contributed by atoms with E-state index >= 15 is 0 Å². The van der Waals surface area contributed by atoms with Crippen molar-refractivity contribution in [1.29, 1.82) is 0 Å². The van der Waals surface area contributed by atoms with Crippen molar-refractivity contribution in [2.45, 2.75) is 46.0 Å². The third kappa shape index (κ3) is 7.64. The minimum absolute atomic E-state index is 0.125. The highest BCUT2D eigenvalue weighted by atomic mass is 16.3. The second-order valence-corrected chi connectivity index (χ2v) is 3.94. The zero-order valence-electron chi connectivity index (χ0n) is 10.8. The molecule has 0 aliphatic carbocycles. The molecule has 98 valence electrons. The highest BCUT2D eigenvalue weighted by Gasteiger charge is 2.01. The number of phenolic OH excluding ortho intramolecular Hbond substituents is 2. The molecule has 0 aromatic heterocycles. The van der Waals surface area contributed by atoms with E-state index in [-0.39, 0.29) is 18.1 Å². The van der Waals surface area contributed by atoms with E-state index in [0.717, 1.165) is 18.4 Å². The second kappa shape index (κ2) is 9.97. The largest absolute Gasteiger partial charge is 0.508 e. The van der Waals surface area contributed by atoms with Crippen molar-refractivity contribution in [2.24, 2.45) is 0 Å². The molecule has 0 saturated carbocycles. The molecule has 3 heteroatoms. The Labute approximate surface area is 104 Å². The lowest BCUT2D eigenvalue weighted by Gasteiger charge is -2.04. The summed E-state index contributed by atoms with van der Waals surface area (Å²) < 4.78 is 0. The summed E-state index contributed by atoms with van der Waals surface area (Å²) in [6.45, 7) is 4.11. The maximum Gasteiger partial charge on any atom is 0.122 e. The number of phenols is 2. The molecule has 0 atom stereocenters. The van der Waals surface area contributed by atoms with Crippen LogP contribution in [0.4, 0.5) is 0 Å².